The van der Waals surface area contributed by atoms with Gasteiger partial charge in [0.2, 0.25) is 0 Å². The minimum absolute atomic E-state index is 1.02. The van der Waals surface area contributed by atoms with Crippen molar-refractivity contribution in [1.29, 1.82) is 0 Å². The second-order valence-corrected chi connectivity index (χ2v) is 2.15. The van der Waals surface area contributed by atoms with Crippen molar-refractivity contribution in [1.82, 2.24) is 5.32 Å². The minimum Gasteiger partial charge on any atom is -0.392 e. The predicted octanol–water partition coefficient (Wildman–Crippen LogP) is 2.24. The SMILES string of the molecule is C=C(/C=C\C)/C=C(/C)NC. The molecule has 0 aromatic carbocycles. The summed E-state index contributed by atoms with van der Waals surface area (Å²) in [6, 6.07) is 0. The highest BCUT2D eigenvalue weighted by Gasteiger charge is 1.82. The number of nitrogens with one attached hydrogen (secondary N) is 1. The highest BCUT2D eigenvalue weighted by atomic mass is 14.8. The summed E-state index contributed by atoms with van der Waals surface area (Å²) in [5.41, 5.74) is 2.15. The maximum absolute atomic E-state index is 3.83. The Hall–Kier alpha value is -0.980. The summed E-state index contributed by atoms with van der Waals surface area (Å²) in [6.45, 7) is 7.82. The van der Waals surface area contributed by atoms with Gasteiger partial charge < -0.3 is 5.32 Å². The van der Waals surface area contributed by atoms with Gasteiger partial charge in [-0.3, -0.25) is 0 Å². The Kier molecular flexibility index (Phi) is 4.38. The van der Waals surface area contributed by atoms with Gasteiger partial charge in [0.1, 0.15) is 0 Å². The first-order valence-corrected chi connectivity index (χ1v) is 3.38. The van der Waals surface area contributed by atoms with Crippen LogP contribution in [-0.4, -0.2) is 7.05 Å². The lowest BCUT2D eigenvalue weighted by Gasteiger charge is -1.97. The molecule has 0 fully saturated rings. The predicted molar refractivity (Wildman–Crippen MR) is 46.8 cm³/mol. The van der Waals surface area contributed by atoms with E-state index >= 15 is 0 Å². The zero-order valence-corrected chi connectivity index (χ0v) is 6.94. The van der Waals surface area contributed by atoms with E-state index in [-0.39, 0.29) is 0 Å². The maximum Gasteiger partial charge on any atom is 0.00782 e. The second kappa shape index (κ2) is 4.86. The molecule has 0 rings (SSSR count). The van der Waals surface area contributed by atoms with Crippen LogP contribution in [0.1, 0.15) is 13.8 Å². The average molecular weight is 137 g/mol. The monoisotopic (exact) mass is 137 g/mol. The van der Waals surface area contributed by atoms with Crippen LogP contribution in [0.3, 0.4) is 0 Å². The maximum atomic E-state index is 3.83. The van der Waals surface area contributed by atoms with Crippen molar-refractivity contribution in [2.45, 2.75) is 13.8 Å². The third-order valence-electron chi connectivity index (χ3n) is 1.18. The Balaban J connectivity index is 4.00. The van der Waals surface area contributed by atoms with Gasteiger partial charge in [0, 0.05) is 12.7 Å². The van der Waals surface area contributed by atoms with Crippen LogP contribution < -0.4 is 5.32 Å². The average Bonchev–Trinajstić information content (AvgIpc) is 1.88. The fourth-order valence-corrected chi connectivity index (χ4v) is 0.612. The molecule has 0 unspecified atom stereocenters. The number of allylic oxidation sites excluding steroid dienone is 5. The highest BCUT2D eigenvalue weighted by molar-refractivity contribution is 5.28. The van der Waals surface area contributed by atoms with Crippen molar-refractivity contribution in [2.24, 2.45) is 0 Å². The molecule has 0 heterocycles. The van der Waals surface area contributed by atoms with Crippen molar-refractivity contribution >= 4 is 0 Å². The molecule has 0 aromatic heterocycles. The largest absolute Gasteiger partial charge is 0.392 e. The third kappa shape index (κ3) is 3.96. The summed E-state index contributed by atoms with van der Waals surface area (Å²) in [5, 5.41) is 3.02. The molecule has 0 amide bonds. The van der Waals surface area contributed by atoms with Crippen LogP contribution in [-0.2, 0) is 0 Å². The lowest BCUT2D eigenvalue weighted by molar-refractivity contribution is 0.988. The van der Waals surface area contributed by atoms with E-state index in [0.29, 0.717) is 0 Å². The lowest BCUT2D eigenvalue weighted by atomic mass is 10.2. The van der Waals surface area contributed by atoms with Gasteiger partial charge in [-0.2, -0.15) is 0 Å². The number of rotatable bonds is 3. The molecule has 0 atom stereocenters. The summed E-state index contributed by atoms with van der Waals surface area (Å²) in [5.74, 6) is 0. The lowest BCUT2D eigenvalue weighted by Crippen LogP contribution is -2.00. The number of hydrogen-bond donors (Lipinski definition) is 1. The van der Waals surface area contributed by atoms with Crippen molar-refractivity contribution < 1.29 is 0 Å². The first-order valence-electron chi connectivity index (χ1n) is 3.38. The summed E-state index contributed by atoms with van der Waals surface area (Å²) < 4.78 is 0. The summed E-state index contributed by atoms with van der Waals surface area (Å²) in [4.78, 5) is 0. The fraction of sp³-hybridized carbons (Fsp3) is 0.333. The van der Waals surface area contributed by atoms with Crippen molar-refractivity contribution in [3.05, 3.63) is 36.1 Å². The zero-order valence-electron chi connectivity index (χ0n) is 6.94. The Morgan fingerprint density at radius 2 is 2.10 bits per heavy atom. The van der Waals surface area contributed by atoms with E-state index < -0.39 is 0 Å². The van der Waals surface area contributed by atoms with Gasteiger partial charge in [-0.15, -0.1) is 0 Å². The topological polar surface area (TPSA) is 12.0 Å². The molecule has 10 heavy (non-hydrogen) atoms. The van der Waals surface area contributed by atoms with Gasteiger partial charge in [0.15, 0.2) is 0 Å². The van der Waals surface area contributed by atoms with E-state index in [0.717, 1.165) is 11.3 Å². The standard InChI is InChI=1S/C9H15N/c1-5-6-8(2)7-9(3)10-4/h5-7,10H,2H2,1,3-4H3/b6-5-,9-7-. The fourth-order valence-electron chi connectivity index (χ4n) is 0.612. The summed E-state index contributed by atoms with van der Waals surface area (Å²) in [6.07, 6.45) is 5.95. The van der Waals surface area contributed by atoms with E-state index in [9.17, 15) is 0 Å². The highest BCUT2D eigenvalue weighted by Crippen LogP contribution is 1.97. The Bertz CT molecular complexity index is 164. The molecule has 0 aliphatic rings. The van der Waals surface area contributed by atoms with Gasteiger partial charge in [0.05, 0.1) is 0 Å². The van der Waals surface area contributed by atoms with E-state index in [4.69, 9.17) is 0 Å². The molecule has 0 spiro atoms. The summed E-state index contributed by atoms with van der Waals surface area (Å²) in [7, 11) is 1.90. The van der Waals surface area contributed by atoms with Gasteiger partial charge >= 0.3 is 0 Å². The molecule has 0 saturated carbocycles. The van der Waals surface area contributed by atoms with Crippen molar-refractivity contribution in [3.8, 4) is 0 Å². The Labute approximate surface area is 63.1 Å². The molecule has 0 aliphatic heterocycles. The molecule has 0 bridgehead atoms. The van der Waals surface area contributed by atoms with Crippen LogP contribution in [0.5, 0.6) is 0 Å². The van der Waals surface area contributed by atoms with E-state index in [1.54, 1.807) is 0 Å². The first kappa shape index (κ1) is 9.02. The van der Waals surface area contributed by atoms with Gasteiger partial charge in [-0.1, -0.05) is 18.7 Å². The Morgan fingerprint density at radius 1 is 1.50 bits per heavy atom. The quantitative estimate of drug-likeness (QED) is 0.588. The molecular formula is C9H15N. The Morgan fingerprint density at radius 3 is 2.50 bits per heavy atom. The molecular weight excluding hydrogens is 122 g/mol. The van der Waals surface area contributed by atoms with Crippen LogP contribution in [0.15, 0.2) is 36.1 Å². The molecule has 0 saturated heterocycles. The smallest absolute Gasteiger partial charge is 0.00782 e. The van der Waals surface area contributed by atoms with Gasteiger partial charge in [-0.05, 0) is 25.5 Å². The normalized spacial score (nSPS) is 12.1. The van der Waals surface area contributed by atoms with Crippen LogP contribution in [0.25, 0.3) is 0 Å². The molecule has 1 heteroatoms. The second-order valence-electron chi connectivity index (χ2n) is 2.15. The van der Waals surface area contributed by atoms with Crippen LogP contribution in [0, 0.1) is 0 Å². The van der Waals surface area contributed by atoms with E-state index in [1.165, 1.54) is 0 Å². The van der Waals surface area contributed by atoms with Crippen LogP contribution in [0.2, 0.25) is 0 Å². The first-order chi connectivity index (χ1) is 4.70. The van der Waals surface area contributed by atoms with Gasteiger partial charge in [0.25, 0.3) is 0 Å². The zero-order chi connectivity index (χ0) is 7.98. The summed E-state index contributed by atoms with van der Waals surface area (Å²) >= 11 is 0. The number of hydrogen-bond acceptors (Lipinski definition) is 1. The molecule has 1 nitrogen and oxygen atoms in total. The molecule has 56 valence electrons. The molecule has 0 aliphatic carbocycles. The third-order valence-corrected chi connectivity index (χ3v) is 1.18. The van der Waals surface area contributed by atoms with Crippen molar-refractivity contribution in [2.75, 3.05) is 7.05 Å². The van der Waals surface area contributed by atoms with Crippen molar-refractivity contribution in [3.63, 3.8) is 0 Å². The minimum atomic E-state index is 1.02. The van der Waals surface area contributed by atoms with Gasteiger partial charge in [-0.25, -0.2) is 0 Å². The van der Waals surface area contributed by atoms with Crippen LogP contribution in [0.4, 0.5) is 0 Å². The molecule has 1 N–H and O–H groups in total. The van der Waals surface area contributed by atoms with E-state index in [1.807, 2.05) is 39.1 Å². The van der Waals surface area contributed by atoms with E-state index in [2.05, 4.69) is 11.9 Å². The molecule has 0 radical (unpaired) electrons. The molecule has 0 aromatic rings. The van der Waals surface area contributed by atoms with Crippen LogP contribution >= 0.6 is 0 Å².